The lowest BCUT2D eigenvalue weighted by Gasteiger charge is -2.07. The fraction of sp³-hybridized carbons (Fsp3) is 0.615. The Morgan fingerprint density at radius 3 is 2.81 bits per heavy atom. The third kappa shape index (κ3) is 5.12. The lowest BCUT2D eigenvalue weighted by atomic mass is 10.2. The standard InChI is InChI=1S/C13H21NO2/c1-3-5-6-7-15-11-16-13-8-12(4-2)9-14-10-13/h8-10H,3-7,11H2,1-2H3. The summed E-state index contributed by atoms with van der Waals surface area (Å²) in [5.41, 5.74) is 1.18. The summed E-state index contributed by atoms with van der Waals surface area (Å²) in [5.74, 6) is 0.787. The van der Waals surface area contributed by atoms with Crippen molar-refractivity contribution in [1.82, 2.24) is 4.98 Å². The van der Waals surface area contributed by atoms with Gasteiger partial charge in [0.05, 0.1) is 12.8 Å². The molecule has 0 aliphatic heterocycles. The maximum atomic E-state index is 5.44. The Kier molecular flexibility index (Phi) is 6.58. The van der Waals surface area contributed by atoms with Crippen LogP contribution in [0.3, 0.4) is 0 Å². The Hall–Kier alpha value is -1.09. The van der Waals surface area contributed by atoms with Gasteiger partial charge in [-0.05, 0) is 24.5 Å². The van der Waals surface area contributed by atoms with Crippen molar-refractivity contribution < 1.29 is 9.47 Å². The van der Waals surface area contributed by atoms with Crippen LogP contribution in [0.1, 0.15) is 38.7 Å². The minimum atomic E-state index is 0.318. The molecule has 0 unspecified atom stereocenters. The van der Waals surface area contributed by atoms with E-state index in [1.54, 1.807) is 6.20 Å². The fourth-order valence-electron chi connectivity index (χ4n) is 1.36. The molecule has 1 rings (SSSR count). The van der Waals surface area contributed by atoms with Gasteiger partial charge < -0.3 is 9.47 Å². The van der Waals surface area contributed by atoms with Crippen molar-refractivity contribution in [3.8, 4) is 5.75 Å². The van der Waals surface area contributed by atoms with Crippen molar-refractivity contribution in [2.24, 2.45) is 0 Å². The zero-order valence-electron chi connectivity index (χ0n) is 10.2. The second-order valence-corrected chi connectivity index (χ2v) is 3.76. The lowest BCUT2D eigenvalue weighted by Crippen LogP contribution is -2.04. The molecule has 0 radical (unpaired) electrons. The lowest BCUT2D eigenvalue weighted by molar-refractivity contribution is 0.0134. The van der Waals surface area contributed by atoms with Crippen molar-refractivity contribution in [3.63, 3.8) is 0 Å². The normalized spacial score (nSPS) is 10.4. The highest BCUT2D eigenvalue weighted by Gasteiger charge is 1.96. The molecule has 0 fully saturated rings. The number of aromatic nitrogens is 1. The van der Waals surface area contributed by atoms with Crippen molar-refractivity contribution in [1.29, 1.82) is 0 Å². The largest absolute Gasteiger partial charge is 0.466 e. The van der Waals surface area contributed by atoms with Crippen LogP contribution in [-0.4, -0.2) is 18.4 Å². The Balaban J connectivity index is 2.16. The molecule has 0 spiro atoms. The van der Waals surface area contributed by atoms with Gasteiger partial charge in [0.2, 0.25) is 0 Å². The van der Waals surface area contributed by atoms with Crippen molar-refractivity contribution in [2.75, 3.05) is 13.4 Å². The monoisotopic (exact) mass is 223 g/mol. The highest BCUT2D eigenvalue weighted by atomic mass is 16.7. The number of hydrogen-bond donors (Lipinski definition) is 0. The molecule has 3 nitrogen and oxygen atoms in total. The molecule has 1 aromatic heterocycles. The molecule has 0 N–H and O–H groups in total. The predicted octanol–water partition coefficient (Wildman–Crippen LogP) is 3.19. The van der Waals surface area contributed by atoms with Gasteiger partial charge in [0, 0.05) is 6.20 Å². The van der Waals surface area contributed by atoms with Gasteiger partial charge in [0.15, 0.2) is 6.79 Å². The highest BCUT2D eigenvalue weighted by molar-refractivity contribution is 5.23. The molecular formula is C13H21NO2. The Morgan fingerprint density at radius 2 is 2.06 bits per heavy atom. The second kappa shape index (κ2) is 8.11. The second-order valence-electron chi connectivity index (χ2n) is 3.76. The zero-order chi connectivity index (χ0) is 11.6. The predicted molar refractivity (Wildman–Crippen MR) is 64.6 cm³/mol. The minimum Gasteiger partial charge on any atom is -0.466 e. The van der Waals surface area contributed by atoms with Gasteiger partial charge in [-0.15, -0.1) is 0 Å². The first-order valence-corrected chi connectivity index (χ1v) is 6.01. The molecule has 1 aromatic rings. The minimum absolute atomic E-state index is 0.318. The van der Waals surface area contributed by atoms with Crippen LogP contribution in [0.5, 0.6) is 5.75 Å². The van der Waals surface area contributed by atoms with E-state index in [4.69, 9.17) is 9.47 Å². The number of pyridine rings is 1. The van der Waals surface area contributed by atoms with Crippen LogP contribution in [0, 0.1) is 0 Å². The van der Waals surface area contributed by atoms with Crippen LogP contribution in [0.4, 0.5) is 0 Å². The molecule has 0 atom stereocenters. The zero-order valence-corrected chi connectivity index (χ0v) is 10.2. The third-order valence-electron chi connectivity index (χ3n) is 2.38. The van der Waals surface area contributed by atoms with Gasteiger partial charge in [-0.25, -0.2) is 0 Å². The summed E-state index contributed by atoms with van der Waals surface area (Å²) < 4.78 is 10.8. The van der Waals surface area contributed by atoms with Gasteiger partial charge in [-0.3, -0.25) is 4.98 Å². The summed E-state index contributed by atoms with van der Waals surface area (Å²) in [6.45, 7) is 5.37. The van der Waals surface area contributed by atoms with E-state index < -0.39 is 0 Å². The number of ether oxygens (including phenoxy) is 2. The smallest absolute Gasteiger partial charge is 0.189 e. The molecule has 0 saturated heterocycles. The summed E-state index contributed by atoms with van der Waals surface area (Å²) in [5, 5.41) is 0. The van der Waals surface area contributed by atoms with Crippen LogP contribution in [0.15, 0.2) is 18.5 Å². The number of unbranched alkanes of at least 4 members (excludes halogenated alkanes) is 2. The number of rotatable bonds is 8. The fourth-order valence-corrected chi connectivity index (χ4v) is 1.36. The Morgan fingerprint density at radius 1 is 1.19 bits per heavy atom. The number of aryl methyl sites for hydroxylation is 1. The van der Waals surface area contributed by atoms with E-state index in [0.717, 1.165) is 25.2 Å². The number of nitrogens with zero attached hydrogens (tertiary/aromatic N) is 1. The maximum absolute atomic E-state index is 5.44. The summed E-state index contributed by atoms with van der Waals surface area (Å²) in [7, 11) is 0. The SMILES string of the molecule is CCCCCOCOc1cncc(CC)c1. The molecule has 0 aromatic carbocycles. The van der Waals surface area contributed by atoms with Gasteiger partial charge in [0.25, 0.3) is 0 Å². The van der Waals surface area contributed by atoms with E-state index in [-0.39, 0.29) is 0 Å². The van der Waals surface area contributed by atoms with Gasteiger partial charge in [-0.1, -0.05) is 26.7 Å². The molecule has 3 heteroatoms. The molecule has 0 bridgehead atoms. The summed E-state index contributed by atoms with van der Waals surface area (Å²) in [6, 6.07) is 2.00. The van der Waals surface area contributed by atoms with E-state index in [1.165, 1.54) is 18.4 Å². The van der Waals surface area contributed by atoms with Crippen LogP contribution >= 0.6 is 0 Å². The first-order valence-electron chi connectivity index (χ1n) is 6.01. The Labute approximate surface area is 97.8 Å². The van der Waals surface area contributed by atoms with Crippen LogP contribution < -0.4 is 4.74 Å². The summed E-state index contributed by atoms with van der Waals surface area (Å²) in [6.07, 6.45) is 8.08. The quantitative estimate of drug-likeness (QED) is 0.501. The van der Waals surface area contributed by atoms with E-state index in [2.05, 4.69) is 18.8 Å². The van der Waals surface area contributed by atoms with E-state index >= 15 is 0 Å². The Bertz CT molecular complexity index is 289. The van der Waals surface area contributed by atoms with E-state index in [0.29, 0.717) is 6.79 Å². The molecule has 0 amide bonds. The molecule has 16 heavy (non-hydrogen) atoms. The van der Waals surface area contributed by atoms with Crippen molar-refractivity contribution in [2.45, 2.75) is 39.5 Å². The van der Waals surface area contributed by atoms with E-state index in [1.807, 2.05) is 12.3 Å². The first-order chi connectivity index (χ1) is 7.86. The first kappa shape index (κ1) is 13.0. The highest BCUT2D eigenvalue weighted by Crippen LogP contribution is 2.11. The van der Waals surface area contributed by atoms with Crippen LogP contribution in [0.2, 0.25) is 0 Å². The van der Waals surface area contributed by atoms with Gasteiger partial charge >= 0.3 is 0 Å². The van der Waals surface area contributed by atoms with Gasteiger partial charge in [-0.2, -0.15) is 0 Å². The van der Waals surface area contributed by atoms with Crippen LogP contribution in [-0.2, 0) is 11.2 Å². The number of hydrogen-bond acceptors (Lipinski definition) is 3. The molecule has 0 aliphatic carbocycles. The van der Waals surface area contributed by atoms with Gasteiger partial charge in [0.1, 0.15) is 5.75 Å². The molecule has 0 aliphatic rings. The molecule has 1 heterocycles. The third-order valence-corrected chi connectivity index (χ3v) is 2.38. The topological polar surface area (TPSA) is 31.4 Å². The van der Waals surface area contributed by atoms with Crippen molar-refractivity contribution >= 4 is 0 Å². The molecular weight excluding hydrogens is 202 g/mol. The molecule has 0 saturated carbocycles. The summed E-state index contributed by atoms with van der Waals surface area (Å²) >= 11 is 0. The van der Waals surface area contributed by atoms with E-state index in [9.17, 15) is 0 Å². The summed E-state index contributed by atoms with van der Waals surface area (Å²) in [4.78, 5) is 4.10. The average Bonchev–Trinajstić information content (AvgIpc) is 2.34. The van der Waals surface area contributed by atoms with Crippen molar-refractivity contribution in [3.05, 3.63) is 24.0 Å². The average molecular weight is 223 g/mol. The maximum Gasteiger partial charge on any atom is 0.189 e. The molecule has 90 valence electrons. The van der Waals surface area contributed by atoms with Crippen LogP contribution in [0.25, 0.3) is 0 Å².